The zero-order valence-electron chi connectivity index (χ0n) is 5.69. The lowest BCUT2D eigenvalue weighted by molar-refractivity contribution is 0.151. The Balaban J connectivity index is 3.52. The average Bonchev–Trinajstić information content (AvgIpc) is 1.69. The minimum Gasteiger partial charge on any atom is -0.376 e. The van der Waals surface area contributed by atoms with E-state index in [1.807, 2.05) is 6.92 Å². The van der Waals surface area contributed by atoms with Crippen molar-refractivity contribution in [3.05, 3.63) is 0 Å². The van der Waals surface area contributed by atoms with Gasteiger partial charge >= 0.3 is 0 Å². The second-order valence-electron chi connectivity index (χ2n) is 1.82. The van der Waals surface area contributed by atoms with E-state index in [0.717, 1.165) is 6.42 Å². The number of methoxy groups -OCH3 is 1. The van der Waals surface area contributed by atoms with Crippen LogP contribution in [0.1, 0.15) is 20.3 Å². The van der Waals surface area contributed by atoms with Crippen molar-refractivity contribution in [1.82, 2.24) is 0 Å². The first-order valence-electron chi connectivity index (χ1n) is 2.80. The lowest BCUT2D eigenvalue weighted by Crippen LogP contribution is -2.17. The molecule has 8 heavy (non-hydrogen) atoms. The Hall–Kier alpha value is -0.370. The monoisotopic (exact) mass is 115 g/mol. The molecule has 1 N–H and O–H groups in total. The standard InChI is InChI=1S/C6H13NO/c1-4-6(8-3)5(2)7/h6-7H,4H2,1-3H3/t6-/m1/s1. The van der Waals surface area contributed by atoms with Crippen molar-refractivity contribution in [2.45, 2.75) is 26.4 Å². The third-order valence-electron chi connectivity index (χ3n) is 1.14. The van der Waals surface area contributed by atoms with E-state index < -0.39 is 0 Å². The third kappa shape index (κ3) is 2.07. The molecule has 0 saturated heterocycles. The van der Waals surface area contributed by atoms with Crippen LogP contribution in [-0.4, -0.2) is 18.9 Å². The molecule has 0 aromatic rings. The van der Waals surface area contributed by atoms with Crippen LogP contribution in [0.2, 0.25) is 0 Å². The molecule has 0 aliphatic rings. The Morgan fingerprint density at radius 1 is 1.75 bits per heavy atom. The molecule has 2 heteroatoms. The molecule has 0 saturated carbocycles. The first-order valence-corrected chi connectivity index (χ1v) is 2.80. The Kier molecular flexibility index (Phi) is 3.44. The Morgan fingerprint density at radius 3 is 2.25 bits per heavy atom. The first-order chi connectivity index (χ1) is 3.72. The van der Waals surface area contributed by atoms with Crippen molar-refractivity contribution in [3.63, 3.8) is 0 Å². The quantitative estimate of drug-likeness (QED) is 0.555. The molecule has 0 aromatic heterocycles. The van der Waals surface area contributed by atoms with Crippen molar-refractivity contribution >= 4 is 5.71 Å². The Morgan fingerprint density at radius 2 is 2.25 bits per heavy atom. The van der Waals surface area contributed by atoms with E-state index in [2.05, 4.69) is 0 Å². The lowest BCUT2D eigenvalue weighted by Gasteiger charge is -2.09. The largest absolute Gasteiger partial charge is 0.376 e. The van der Waals surface area contributed by atoms with Crippen LogP contribution in [0.15, 0.2) is 0 Å². The van der Waals surface area contributed by atoms with Gasteiger partial charge in [0.15, 0.2) is 0 Å². The zero-order valence-corrected chi connectivity index (χ0v) is 5.69. The maximum absolute atomic E-state index is 7.13. The maximum Gasteiger partial charge on any atom is 0.0939 e. The van der Waals surface area contributed by atoms with Crippen molar-refractivity contribution in [2.24, 2.45) is 0 Å². The van der Waals surface area contributed by atoms with Crippen LogP contribution in [0.4, 0.5) is 0 Å². The fourth-order valence-electron chi connectivity index (χ4n) is 0.650. The van der Waals surface area contributed by atoms with Gasteiger partial charge < -0.3 is 10.1 Å². The van der Waals surface area contributed by atoms with E-state index in [1.165, 1.54) is 0 Å². The van der Waals surface area contributed by atoms with Gasteiger partial charge in [-0.15, -0.1) is 0 Å². The lowest BCUT2D eigenvalue weighted by atomic mass is 10.2. The van der Waals surface area contributed by atoms with Gasteiger partial charge in [0.2, 0.25) is 0 Å². The Bertz CT molecular complexity index is 76.6. The smallest absolute Gasteiger partial charge is 0.0939 e. The molecule has 0 aliphatic carbocycles. The zero-order chi connectivity index (χ0) is 6.57. The van der Waals surface area contributed by atoms with Crippen LogP contribution < -0.4 is 0 Å². The van der Waals surface area contributed by atoms with Gasteiger partial charge in [-0.2, -0.15) is 0 Å². The summed E-state index contributed by atoms with van der Waals surface area (Å²) >= 11 is 0. The molecule has 0 amide bonds. The van der Waals surface area contributed by atoms with Gasteiger partial charge in [-0.25, -0.2) is 0 Å². The first kappa shape index (κ1) is 7.63. The highest BCUT2D eigenvalue weighted by Gasteiger charge is 2.03. The van der Waals surface area contributed by atoms with Crippen LogP contribution in [0.25, 0.3) is 0 Å². The molecule has 48 valence electrons. The molecule has 0 aromatic carbocycles. The van der Waals surface area contributed by atoms with Crippen molar-refractivity contribution in [3.8, 4) is 0 Å². The van der Waals surface area contributed by atoms with E-state index >= 15 is 0 Å². The minimum atomic E-state index is 0.0370. The SMILES string of the molecule is CC[C@@H](OC)C(C)=N. The topological polar surface area (TPSA) is 33.1 Å². The third-order valence-corrected chi connectivity index (χ3v) is 1.14. The summed E-state index contributed by atoms with van der Waals surface area (Å²) in [6.07, 6.45) is 0.932. The minimum absolute atomic E-state index is 0.0370. The van der Waals surface area contributed by atoms with Gasteiger partial charge in [0.05, 0.1) is 6.10 Å². The molecule has 0 radical (unpaired) electrons. The summed E-state index contributed by atoms with van der Waals surface area (Å²) in [6.45, 7) is 3.77. The second kappa shape index (κ2) is 3.61. The van der Waals surface area contributed by atoms with E-state index in [9.17, 15) is 0 Å². The second-order valence-corrected chi connectivity index (χ2v) is 1.82. The summed E-state index contributed by atoms with van der Waals surface area (Å²) in [6, 6.07) is 0. The number of ether oxygens (including phenoxy) is 1. The number of hydrogen-bond donors (Lipinski definition) is 1. The van der Waals surface area contributed by atoms with Gasteiger partial charge in [0.25, 0.3) is 0 Å². The van der Waals surface area contributed by atoms with Crippen molar-refractivity contribution in [2.75, 3.05) is 7.11 Å². The highest BCUT2D eigenvalue weighted by molar-refractivity contribution is 5.83. The van der Waals surface area contributed by atoms with Crippen LogP contribution in [-0.2, 0) is 4.74 Å². The average molecular weight is 115 g/mol. The Labute approximate surface area is 50.4 Å². The van der Waals surface area contributed by atoms with E-state index in [-0.39, 0.29) is 6.10 Å². The molecule has 0 bridgehead atoms. The highest BCUT2D eigenvalue weighted by Crippen LogP contribution is 1.95. The van der Waals surface area contributed by atoms with Gasteiger partial charge in [-0.1, -0.05) is 6.92 Å². The summed E-state index contributed by atoms with van der Waals surface area (Å²) in [5.41, 5.74) is 0.606. The summed E-state index contributed by atoms with van der Waals surface area (Å²) < 4.78 is 4.94. The predicted octanol–water partition coefficient (Wildman–Crippen LogP) is 1.45. The van der Waals surface area contributed by atoms with Crippen LogP contribution in [0.5, 0.6) is 0 Å². The van der Waals surface area contributed by atoms with E-state index in [0.29, 0.717) is 5.71 Å². The number of nitrogens with one attached hydrogen (secondary N) is 1. The maximum atomic E-state index is 7.13. The van der Waals surface area contributed by atoms with E-state index in [1.54, 1.807) is 14.0 Å². The molecular weight excluding hydrogens is 102 g/mol. The van der Waals surface area contributed by atoms with Gasteiger partial charge in [0.1, 0.15) is 0 Å². The van der Waals surface area contributed by atoms with Gasteiger partial charge in [0, 0.05) is 12.8 Å². The van der Waals surface area contributed by atoms with Gasteiger partial charge in [-0.05, 0) is 13.3 Å². The predicted molar refractivity (Wildman–Crippen MR) is 34.5 cm³/mol. The van der Waals surface area contributed by atoms with Gasteiger partial charge in [-0.3, -0.25) is 0 Å². The molecule has 0 spiro atoms. The molecule has 0 heterocycles. The molecule has 0 fully saturated rings. The van der Waals surface area contributed by atoms with Crippen molar-refractivity contribution in [1.29, 1.82) is 5.41 Å². The molecule has 0 unspecified atom stereocenters. The normalized spacial score (nSPS) is 13.4. The molecule has 1 atom stereocenters. The summed E-state index contributed by atoms with van der Waals surface area (Å²) in [7, 11) is 1.63. The summed E-state index contributed by atoms with van der Waals surface area (Å²) in [5.74, 6) is 0. The summed E-state index contributed by atoms with van der Waals surface area (Å²) in [5, 5.41) is 7.13. The fraction of sp³-hybridized carbons (Fsp3) is 0.833. The number of rotatable bonds is 3. The van der Waals surface area contributed by atoms with Crippen LogP contribution in [0.3, 0.4) is 0 Å². The molecule has 0 rings (SSSR count). The summed E-state index contributed by atoms with van der Waals surface area (Å²) in [4.78, 5) is 0. The van der Waals surface area contributed by atoms with Crippen LogP contribution in [0, 0.1) is 5.41 Å². The van der Waals surface area contributed by atoms with Crippen LogP contribution >= 0.6 is 0 Å². The molecular formula is C6H13NO. The van der Waals surface area contributed by atoms with Crippen molar-refractivity contribution < 1.29 is 4.74 Å². The molecule has 2 nitrogen and oxygen atoms in total. The van der Waals surface area contributed by atoms with E-state index in [4.69, 9.17) is 10.1 Å². The highest BCUT2D eigenvalue weighted by atomic mass is 16.5. The fourth-order valence-corrected chi connectivity index (χ4v) is 0.650. The number of hydrogen-bond acceptors (Lipinski definition) is 2. The molecule has 0 aliphatic heterocycles.